The van der Waals surface area contributed by atoms with Crippen LogP contribution < -0.4 is 15.6 Å². The van der Waals surface area contributed by atoms with Crippen molar-refractivity contribution in [3.63, 3.8) is 0 Å². The Bertz CT molecular complexity index is 2370. The van der Waals surface area contributed by atoms with E-state index in [1.807, 2.05) is 6.92 Å². The molecule has 1 spiro atoms. The number of aryl methyl sites for hydroxylation is 1. The largest absolute Gasteiger partial charge is 0.504 e. The van der Waals surface area contributed by atoms with Gasteiger partial charge in [0.05, 0.1) is 29.1 Å². The first-order valence-corrected chi connectivity index (χ1v) is 17.0. The minimum absolute atomic E-state index is 0.0217. The van der Waals surface area contributed by atoms with Gasteiger partial charge in [0.25, 0.3) is 11.5 Å². The van der Waals surface area contributed by atoms with Crippen LogP contribution in [0.5, 0.6) is 11.6 Å². The van der Waals surface area contributed by atoms with E-state index in [4.69, 9.17) is 21.3 Å². The maximum absolute atomic E-state index is 14.6. The Hall–Kier alpha value is -5.58. The van der Waals surface area contributed by atoms with Gasteiger partial charge in [0.15, 0.2) is 17.3 Å². The minimum Gasteiger partial charge on any atom is -0.504 e. The van der Waals surface area contributed by atoms with Crippen LogP contribution in [0.25, 0.3) is 17.2 Å². The number of alkyl halides is 3. The van der Waals surface area contributed by atoms with E-state index in [-0.39, 0.29) is 65.0 Å². The summed E-state index contributed by atoms with van der Waals surface area (Å²) in [6.07, 6.45) is -0.551. The predicted octanol–water partition coefficient (Wildman–Crippen LogP) is 5.07. The van der Waals surface area contributed by atoms with Crippen LogP contribution in [0.1, 0.15) is 70.7 Å². The summed E-state index contributed by atoms with van der Waals surface area (Å²) in [6.45, 7) is 5.43. The summed E-state index contributed by atoms with van der Waals surface area (Å²) in [5.41, 5.74) is 0.271. The maximum Gasteiger partial charge on any atom is 0.416 e. The van der Waals surface area contributed by atoms with E-state index in [0.717, 1.165) is 22.7 Å². The first-order valence-electron chi connectivity index (χ1n) is 16.6. The number of fused-ring (bicyclic) bond motifs is 3. The molecule has 2 aliphatic rings. The highest BCUT2D eigenvalue weighted by molar-refractivity contribution is 6.33. The molecule has 2 N–H and O–H groups in total. The zero-order chi connectivity index (χ0) is 38.0. The Kier molecular flexibility index (Phi) is 8.87. The van der Waals surface area contributed by atoms with Crippen LogP contribution in [0.4, 0.5) is 18.9 Å². The number of piperidine rings is 1. The number of ether oxygens (including phenoxy) is 1. The zero-order valence-electron chi connectivity index (χ0n) is 29.0. The molecular formula is C35H33ClF3N9O5. The molecule has 4 aromatic heterocycles. The fourth-order valence-electron chi connectivity index (χ4n) is 7.59. The second-order valence-electron chi connectivity index (χ2n) is 13.4. The number of carbonyl (C=O) groups excluding carboxylic acids is 2. The minimum atomic E-state index is -4.62. The van der Waals surface area contributed by atoms with E-state index in [1.165, 1.54) is 19.6 Å². The summed E-state index contributed by atoms with van der Waals surface area (Å²) in [5, 5.41) is 17.4. The van der Waals surface area contributed by atoms with Crippen LogP contribution in [-0.4, -0.2) is 76.1 Å². The van der Waals surface area contributed by atoms with Gasteiger partial charge in [-0.1, -0.05) is 18.5 Å². The van der Waals surface area contributed by atoms with Gasteiger partial charge in [0.2, 0.25) is 17.6 Å². The van der Waals surface area contributed by atoms with E-state index >= 15 is 0 Å². The summed E-state index contributed by atoms with van der Waals surface area (Å²) >= 11 is 6.16. The number of methoxy groups -OCH3 is 1. The Morgan fingerprint density at radius 2 is 1.87 bits per heavy atom. The molecule has 1 saturated heterocycles. The number of carbonyl (C=O) groups is 2. The average molecular weight is 752 g/mol. The molecule has 14 nitrogen and oxygen atoms in total. The third-order valence-corrected chi connectivity index (χ3v) is 10.5. The van der Waals surface area contributed by atoms with Crippen molar-refractivity contribution in [1.82, 2.24) is 39.0 Å². The third-order valence-electron chi connectivity index (χ3n) is 10.2. The molecule has 0 saturated carbocycles. The lowest BCUT2D eigenvalue weighted by Gasteiger charge is -2.39. The molecule has 276 valence electrons. The number of aromatic hydroxyl groups is 1. The highest BCUT2D eigenvalue weighted by Gasteiger charge is 2.49. The summed E-state index contributed by atoms with van der Waals surface area (Å²) in [4.78, 5) is 60.1. The molecule has 18 heteroatoms. The fraction of sp³-hybridized carbons (Fsp3) is 0.371. The SMILES string of the molecule is COc1nccc(-c2nc3n(CC(=O)Nc4ccc(C(F)(F)F)cc4Cl)c4c(c(=O)n3n2)C2(CCN(C(=O)c3ncnc(C)c3O)CC2)CC4C)c1C. The number of nitrogens with zero attached hydrogens (tertiary/aromatic N) is 8. The Balaban J connectivity index is 1.30. The summed E-state index contributed by atoms with van der Waals surface area (Å²) in [6, 6.07) is 4.32. The van der Waals surface area contributed by atoms with Gasteiger partial charge in [0, 0.05) is 47.1 Å². The van der Waals surface area contributed by atoms with Crippen LogP contribution >= 0.6 is 11.6 Å². The molecular weight excluding hydrogens is 719 g/mol. The molecule has 1 unspecified atom stereocenters. The van der Waals surface area contributed by atoms with Gasteiger partial charge >= 0.3 is 6.18 Å². The number of pyridine rings is 1. The van der Waals surface area contributed by atoms with E-state index in [1.54, 1.807) is 29.4 Å². The highest BCUT2D eigenvalue weighted by Crippen LogP contribution is 2.50. The molecule has 1 aromatic carbocycles. The van der Waals surface area contributed by atoms with Crippen molar-refractivity contribution < 1.29 is 32.6 Å². The van der Waals surface area contributed by atoms with Gasteiger partial charge in [-0.15, -0.1) is 5.10 Å². The van der Waals surface area contributed by atoms with E-state index in [0.29, 0.717) is 47.5 Å². The number of anilines is 1. The van der Waals surface area contributed by atoms with Crippen molar-refractivity contribution in [1.29, 1.82) is 0 Å². The summed E-state index contributed by atoms with van der Waals surface area (Å²) in [5.74, 6) is -1.01. The number of likely N-dealkylation sites (tertiary alicyclic amines) is 1. The zero-order valence-corrected chi connectivity index (χ0v) is 29.7. The maximum atomic E-state index is 14.6. The van der Waals surface area contributed by atoms with Gasteiger partial charge in [-0.3, -0.25) is 14.4 Å². The number of hydrogen-bond acceptors (Lipinski definition) is 10. The van der Waals surface area contributed by atoms with Gasteiger partial charge in [0.1, 0.15) is 12.9 Å². The standard InChI is InChI=1S/C35H33ClF3N9O5/c1-17-14-34(8-11-46(12-9-34)32(52)26-28(50)19(3)41-16-42-26)25-27(17)47(15-24(49)43-23-6-5-20(13-22(23)36)35(37,38)39)33-44-29(45-48(33)31(25)51)21-7-10-40-30(53-4)18(21)2/h5-7,10,13,16-17,50H,8-9,11-12,14-15H2,1-4H3,(H,43,49). The molecule has 0 radical (unpaired) electrons. The number of nitrogens with one attached hydrogen (secondary N) is 1. The van der Waals surface area contributed by atoms with Crippen molar-refractivity contribution in [2.24, 2.45) is 0 Å². The molecule has 1 aliphatic carbocycles. The van der Waals surface area contributed by atoms with Crippen molar-refractivity contribution in [3.8, 4) is 23.0 Å². The first-order chi connectivity index (χ1) is 25.1. The van der Waals surface area contributed by atoms with Crippen molar-refractivity contribution in [2.45, 2.75) is 64.1 Å². The smallest absolute Gasteiger partial charge is 0.416 e. The van der Waals surface area contributed by atoms with E-state index in [9.17, 15) is 32.7 Å². The van der Waals surface area contributed by atoms with Crippen molar-refractivity contribution in [2.75, 3.05) is 25.5 Å². The molecule has 7 rings (SSSR count). The Morgan fingerprint density at radius 1 is 1.13 bits per heavy atom. The monoisotopic (exact) mass is 751 g/mol. The number of benzene rings is 1. The Morgan fingerprint density at radius 3 is 2.55 bits per heavy atom. The number of rotatable bonds is 6. The third kappa shape index (κ3) is 6.11. The Labute approximate surface area is 304 Å². The predicted molar refractivity (Wildman–Crippen MR) is 185 cm³/mol. The first kappa shape index (κ1) is 35.8. The quantitative estimate of drug-likeness (QED) is 0.239. The van der Waals surface area contributed by atoms with Gasteiger partial charge in [-0.2, -0.15) is 22.7 Å². The fourth-order valence-corrected chi connectivity index (χ4v) is 7.82. The molecule has 53 heavy (non-hydrogen) atoms. The van der Waals surface area contributed by atoms with Crippen LogP contribution in [-0.2, 0) is 22.9 Å². The topological polar surface area (TPSA) is 170 Å². The van der Waals surface area contributed by atoms with Gasteiger partial charge in [-0.25, -0.2) is 15.0 Å². The molecule has 1 fully saturated rings. The number of hydrogen-bond donors (Lipinski definition) is 2. The molecule has 5 heterocycles. The lowest BCUT2D eigenvalue weighted by Crippen LogP contribution is -2.46. The second-order valence-corrected chi connectivity index (χ2v) is 13.8. The second kappa shape index (κ2) is 13.1. The van der Waals surface area contributed by atoms with Crippen LogP contribution in [0.15, 0.2) is 41.6 Å². The normalized spacial score (nSPS) is 16.6. The molecule has 2 amide bonds. The number of halogens is 4. The van der Waals surface area contributed by atoms with Gasteiger partial charge in [-0.05, 0) is 63.3 Å². The number of aromatic nitrogens is 7. The molecule has 0 bridgehead atoms. The lowest BCUT2D eigenvalue weighted by atomic mass is 9.73. The van der Waals surface area contributed by atoms with Gasteiger partial charge < -0.3 is 24.6 Å². The van der Waals surface area contributed by atoms with E-state index < -0.39 is 34.5 Å². The van der Waals surface area contributed by atoms with E-state index in [2.05, 4.69) is 25.4 Å². The highest BCUT2D eigenvalue weighted by atomic mass is 35.5. The van der Waals surface area contributed by atoms with Crippen LogP contribution in [0.3, 0.4) is 0 Å². The summed E-state index contributed by atoms with van der Waals surface area (Å²) in [7, 11) is 1.48. The molecule has 1 atom stereocenters. The molecule has 5 aromatic rings. The van der Waals surface area contributed by atoms with Crippen LogP contribution in [0, 0.1) is 13.8 Å². The van der Waals surface area contributed by atoms with Crippen LogP contribution in [0.2, 0.25) is 5.02 Å². The molecule has 1 aliphatic heterocycles. The van der Waals surface area contributed by atoms with Crippen molar-refractivity contribution in [3.05, 3.63) is 85.9 Å². The number of amides is 2. The average Bonchev–Trinajstić information content (AvgIpc) is 3.68. The lowest BCUT2D eigenvalue weighted by molar-refractivity contribution is -0.137. The van der Waals surface area contributed by atoms with Crippen molar-refractivity contribution >= 4 is 34.9 Å². The summed E-state index contributed by atoms with van der Waals surface area (Å²) < 4.78 is 48.0.